The van der Waals surface area contributed by atoms with Crippen molar-refractivity contribution in [1.82, 2.24) is 10.3 Å². The fourth-order valence-corrected chi connectivity index (χ4v) is 3.27. The maximum absolute atomic E-state index is 12.3. The molecule has 114 valence electrons. The van der Waals surface area contributed by atoms with E-state index in [4.69, 9.17) is 4.98 Å². The van der Waals surface area contributed by atoms with Crippen molar-refractivity contribution in [1.29, 1.82) is 0 Å². The van der Waals surface area contributed by atoms with Gasteiger partial charge in [-0.05, 0) is 70.4 Å². The van der Waals surface area contributed by atoms with E-state index in [0.717, 1.165) is 44.2 Å². The Balaban J connectivity index is 1.81. The number of carbonyl (C=O) groups excluding carboxylic acids is 1. The predicted octanol–water partition coefficient (Wildman–Crippen LogP) is 2.39. The molecule has 2 N–H and O–H groups in total. The number of carbonyl (C=O) groups is 1. The van der Waals surface area contributed by atoms with Crippen molar-refractivity contribution >= 4 is 11.6 Å². The van der Waals surface area contributed by atoms with E-state index >= 15 is 0 Å². The molecular formula is C17H25N3O. The highest BCUT2D eigenvalue weighted by Gasteiger charge is 2.26. The van der Waals surface area contributed by atoms with E-state index in [2.05, 4.69) is 31.4 Å². The van der Waals surface area contributed by atoms with Crippen LogP contribution in [0.5, 0.6) is 0 Å². The van der Waals surface area contributed by atoms with Gasteiger partial charge < -0.3 is 10.6 Å². The molecule has 0 saturated carbocycles. The average Bonchev–Trinajstić information content (AvgIpc) is 3.03. The second-order valence-corrected chi connectivity index (χ2v) is 7.20. The van der Waals surface area contributed by atoms with Crippen molar-refractivity contribution < 1.29 is 4.79 Å². The summed E-state index contributed by atoms with van der Waals surface area (Å²) in [6.45, 7) is 6.57. The highest BCUT2D eigenvalue weighted by atomic mass is 16.1. The lowest BCUT2D eigenvalue weighted by molar-refractivity contribution is -0.115. The van der Waals surface area contributed by atoms with E-state index in [1.54, 1.807) is 0 Å². The molecular weight excluding hydrogens is 262 g/mol. The number of nitrogens with zero attached hydrogens (tertiary/aromatic N) is 1. The first kappa shape index (κ1) is 14.5. The van der Waals surface area contributed by atoms with E-state index in [9.17, 15) is 4.79 Å². The summed E-state index contributed by atoms with van der Waals surface area (Å²) in [5.41, 5.74) is 6.06. The minimum absolute atomic E-state index is 0.0422. The Labute approximate surface area is 126 Å². The molecule has 0 aromatic carbocycles. The predicted molar refractivity (Wildman–Crippen MR) is 84.7 cm³/mol. The fourth-order valence-electron chi connectivity index (χ4n) is 3.27. The number of fused-ring (bicyclic) bond motifs is 2. The first-order valence-corrected chi connectivity index (χ1v) is 8.02. The maximum Gasteiger partial charge on any atom is 0.238 e. The van der Waals surface area contributed by atoms with Crippen molar-refractivity contribution in [2.45, 2.75) is 64.8 Å². The van der Waals surface area contributed by atoms with E-state index in [1.165, 1.54) is 22.5 Å². The quantitative estimate of drug-likeness (QED) is 0.897. The van der Waals surface area contributed by atoms with Crippen LogP contribution in [0.3, 0.4) is 0 Å². The highest BCUT2D eigenvalue weighted by Crippen LogP contribution is 2.36. The van der Waals surface area contributed by atoms with Crippen LogP contribution < -0.4 is 10.6 Å². The van der Waals surface area contributed by atoms with E-state index in [1.807, 2.05) is 0 Å². The molecule has 0 saturated heterocycles. The van der Waals surface area contributed by atoms with Gasteiger partial charge in [-0.3, -0.25) is 9.78 Å². The van der Waals surface area contributed by atoms with Gasteiger partial charge in [-0.15, -0.1) is 0 Å². The van der Waals surface area contributed by atoms with Crippen molar-refractivity contribution in [3.8, 4) is 0 Å². The van der Waals surface area contributed by atoms with Crippen LogP contribution in [-0.4, -0.2) is 23.0 Å². The minimum atomic E-state index is -0.0422. The third kappa shape index (κ3) is 3.10. The summed E-state index contributed by atoms with van der Waals surface area (Å²) < 4.78 is 0. The van der Waals surface area contributed by atoms with Gasteiger partial charge in [0.15, 0.2) is 0 Å². The Morgan fingerprint density at radius 2 is 1.62 bits per heavy atom. The topological polar surface area (TPSA) is 54.0 Å². The lowest BCUT2D eigenvalue weighted by Gasteiger charge is -2.21. The molecule has 4 nitrogen and oxygen atoms in total. The molecule has 2 aliphatic rings. The SMILES string of the molecule is CC(C)(C)NCC(=O)Nc1c2c(nc3c1CCC3)CCC2. The molecule has 3 rings (SSSR count). The number of nitrogens with one attached hydrogen (secondary N) is 2. The first-order valence-electron chi connectivity index (χ1n) is 8.02. The highest BCUT2D eigenvalue weighted by molar-refractivity contribution is 5.94. The lowest BCUT2D eigenvalue weighted by Crippen LogP contribution is -2.41. The number of aryl methyl sites for hydroxylation is 2. The third-order valence-corrected chi connectivity index (χ3v) is 4.29. The Bertz CT molecular complexity index is 540. The third-order valence-electron chi connectivity index (χ3n) is 4.29. The Kier molecular flexibility index (Phi) is 3.74. The van der Waals surface area contributed by atoms with Gasteiger partial charge in [-0.2, -0.15) is 0 Å². The molecule has 21 heavy (non-hydrogen) atoms. The van der Waals surface area contributed by atoms with Crippen molar-refractivity contribution in [3.05, 3.63) is 22.5 Å². The molecule has 1 heterocycles. The van der Waals surface area contributed by atoms with Gasteiger partial charge in [0.05, 0.1) is 12.2 Å². The number of pyridine rings is 1. The molecule has 4 heteroatoms. The summed E-state index contributed by atoms with van der Waals surface area (Å²) in [5.74, 6) is 0.0549. The number of rotatable bonds is 3. The molecule has 1 amide bonds. The van der Waals surface area contributed by atoms with Crippen LogP contribution in [0.15, 0.2) is 0 Å². The van der Waals surface area contributed by atoms with E-state index < -0.39 is 0 Å². The lowest BCUT2D eigenvalue weighted by atomic mass is 10.1. The summed E-state index contributed by atoms with van der Waals surface area (Å²) in [5, 5.41) is 6.42. The number of hydrogen-bond acceptors (Lipinski definition) is 3. The molecule has 1 aromatic rings. The number of hydrogen-bond donors (Lipinski definition) is 2. The molecule has 0 bridgehead atoms. The zero-order chi connectivity index (χ0) is 15.0. The summed E-state index contributed by atoms with van der Waals surface area (Å²) in [4.78, 5) is 17.1. The second kappa shape index (κ2) is 5.41. The zero-order valence-electron chi connectivity index (χ0n) is 13.3. The first-order chi connectivity index (χ1) is 9.94. The van der Waals surface area contributed by atoms with E-state index in [-0.39, 0.29) is 11.4 Å². The normalized spacial score (nSPS) is 16.7. The van der Waals surface area contributed by atoms with Crippen molar-refractivity contribution in [3.63, 3.8) is 0 Å². The van der Waals surface area contributed by atoms with Crippen LogP contribution >= 0.6 is 0 Å². The monoisotopic (exact) mass is 287 g/mol. The minimum Gasteiger partial charge on any atom is -0.324 e. The second-order valence-electron chi connectivity index (χ2n) is 7.20. The van der Waals surface area contributed by atoms with Crippen molar-refractivity contribution in [2.24, 2.45) is 0 Å². The van der Waals surface area contributed by atoms with Crippen LogP contribution in [0.1, 0.15) is 56.1 Å². The van der Waals surface area contributed by atoms with Crippen molar-refractivity contribution in [2.75, 3.05) is 11.9 Å². The molecule has 0 radical (unpaired) electrons. The van der Waals surface area contributed by atoms with E-state index in [0.29, 0.717) is 6.54 Å². The summed E-state index contributed by atoms with van der Waals surface area (Å²) in [6, 6.07) is 0. The summed E-state index contributed by atoms with van der Waals surface area (Å²) >= 11 is 0. The van der Waals surface area contributed by atoms with Crippen LogP contribution in [0.2, 0.25) is 0 Å². The molecule has 0 fully saturated rings. The van der Waals surface area contributed by atoms with Gasteiger partial charge in [0, 0.05) is 16.9 Å². The standard InChI is InChI=1S/C17H25N3O/c1-17(2,3)18-10-15(21)20-16-11-6-4-8-13(11)19-14-9-5-7-12(14)16/h18H,4-10H2,1-3H3,(H,19,20,21). The number of anilines is 1. The van der Waals surface area contributed by atoms with Gasteiger partial charge in [-0.25, -0.2) is 0 Å². The summed E-state index contributed by atoms with van der Waals surface area (Å²) in [7, 11) is 0. The molecule has 0 aliphatic heterocycles. The molecule has 0 unspecified atom stereocenters. The Morgan fingerprint density at radius 1 is 1.05 bits per heavy atom. The largest absolute Gasteiger partial charge is 0.324 e. The number of amides is 1. The van der Waals surface area contributed by atoms with Crippen LogP contribution in [-0.2, 0) is 30.5 Å². The zero-order valence-corrected chi connectivity index (χ0v) is 13.3. The van der Waals surface area contributed by atoms with Gasteiger partial charge in [-0.1, -0.05) is 0 Å². The van der Waals surface area contributed by atoms with Gasteiger partial charge in [0.25, 0.3) is 0 Å². The molecule has 0 spiro atoms. The molecule has 0 atom stereocenters. The van der Waals surface area contributed by atoms with Crippen LogP contribution in [0.25, 0.3) is 0 Å². The maximum atomic E-state index is 12.3. The van der Waals surface area contributed by atoms with Gasteiger partial charge in [0.2, 0.25) is 5.91 Å². The van der Waals surface area contributed by atoms with Gasteiger partial charge in [0.1, 0.15) is 0 Å². The average molecular weight is 287 g/mol. The Hall–Kier alpha value is -1.42. The number of aromatic nitrogens is 1. The molecule has 2 aliphatic carbocycles. The summed E-state index contributed by atoms with van der Waals surface area (Å²) in [6.07, 6.45) is 6.55. The fraction of sp³-hybridized carbons (Fsp3) is 0.647. The van der Waals surface area contributed by atoms with Gasteiger partial charge >= 0.3 is 0 Å². The Morgan fingerprint density at radius 3 is 2.14 bits per heavy atom. The van der Waals surface area contributed by atoms with Crippen LogP contribution in [0, 0.1) is 0 Å². The van der Waals surface area contributed by atoms with Crippen LogP contribution in [0.4, 0.5) is 5.69 Å². The molecule has 1 aromatic heterocycles. The smallest absolute Gasteiger partial charge is 0.238 e.